The number of aromatic nitrogens is 1. The van der Waals surface area contributed by atoms with Gasteiger partial charge in [0.25, 0.3) is 11.8 Å². The monoisotopic (exact) mass is 417 g/mol. The van der Waals surface area contributed by atoms with Crippen LogP contribution in [0.3, 0.4) is 0 Å². The van der Waals surface area contributed by atoms with Crippen molar-refractivity contribution in [1.29, 1.82) is 0 Å². The number of thiophene rings is 1. The molecule has 0 bridgehead atoms. The lowest BCUT2D eigenvalue weighted by atomic mass is 10.2. The van der Waals surface area contributed by atoms with E-state index in [0.717, 1.165) is 15.2 Å². The van der Waals surface area contributed by atoms with Gasteiger partial charge >= 0.3 is 6.09 Å². The van der Waals surface area contributed by atoms with E-state index in [4.69, 9.17) is 4.74 Å². The fourth-order valence-corrected chi connectivity index (χ4v) is 4.15. The lowest BCUT2D eigenvalue weighted by molar-refractivity contribution is 0.0926. The summed E-state index contributed by atoms with van der Waals surface area (Å²) in [5, 5.41) is 7.88. The molecule has 7 nitrogen and oxygen atoms in total. The number of hydrogen-bond acceptors (Lipinski definition) is 7. The summed E-state index contributed by atoms with van der Waals surface area (Å²) < 4.78 is 5.72. The Kier molecular flexibility index (Phi) is 6.05. The van der Waals surface area contributed by atoms with Crippen molar-refractivity contribution in [3.05, 3.63) is 45.8 Å². The van der Waals surface area contributed by atoms with Gasteiger partial charge in [-0.1, -0.05) is 13.8 Å². The highest BCUT2D eigenvalue weighted by atomic mass is 32.1. The third-order valence-electron chi connectivity index (χ3n) is 3.79. The molecular weight excluding hydrogens is 398 g/mol. The number of fused-ring (bicyclic) bond motifs is 1. The van der Waals surface area contributed by atoms with Crippen molar-refractivity contribution in [1.82, 2.24) is 10.3 Å². The van der Waals surface area contributed by atoms with Gasteiger partial charge in [-0.05, 0) is 36.6 Å². The van der Waals surface area contributed by atoms with Crippen molar-refractivity contribution < 1.29 is 19.1 Å². The molecule has 3 rings (SSSR count). The maximum atomic E-state index is 12.6. The summed E-state index contributed by atoms with van der Waals surface area (Å²) in [5.74, 6) is -0.665. The van der Waals surface area contributed by atoms with E-state index < -0.39 is 12.0 Å². The Hall–Kier alpha value is -2.78. The standard InChI is InChI=1S/C19H19N3O4S2/c1-4-26-19(25)22-16(24)12-7-8-27-18(12)21-15(23)11-5-6-14-13(9-11)20-17(28-14)10(2)3/h5-10H,4H2,1-3H3,(H,21,23)(H,22,24,25). The zero-order valence-corrected chi connectivity index (χ0v) is 17.2. The number of amides is 3. The average molecular weight is 418 g/mol. The van der Waals surface area contributed by atoms with Gasteiger partial charge in [-0.15, -0.1) is 22.7 Å². The smallest absolute Gasteiger partial charge is 0.414 e. The summed E-state index contributed by atoms with van der Waals surface area (Å²) in [6, 6.07) is 6.87. The number of hydrogen-bond donors (Lipinski definition) is 2. The number of alkyl carbamates (subject to hydrolysis) is 1. The van der Waals surface area contributed by atoms with Crippen LogP contribution in [-0.4, -0.2) is 29.5 Å². The van der Waals surface area contributed by atoms with E-state index in [-0.39, 0.29) is 18.1 Å². The molecule has 1 aromatic carbocycles. The second kappa shape index (κ2) is 8.49. The molecule has 0 radical (unpaired) electrons. The maximum absolute atomic E-state index is 12.6. The van der Waals surface area contributed by atoms with E-state index in [0.29, 0.717) is 16.5 Å². The first-order chi connectivity index (χ1) is 13.4. The summed E-state index contributed by atoms with van der Waals surface area (Å²) in [6.07, 6.45) is -0.828. The minimum atomic E-state index is -0.828. The minimum absolute atomic E-state index is 0.157. The van der Waals surface area contributed by atoms with Crippen molar-refractivity contribution in [2.75, 3.05) is 11.9 Å². The van der Waals surface area contributed by atoms with E-state index in [1.165, 1.54) is 17.4 Å². The molecule has 2 aromatic heterocycles. The van der Waals surface area contributed by atoms with Crippen LogP contribution in [-0.2, 0) is 4.74 Å². The number of ether oxygens (including phenoxy) is 1. The highest BCUT2D eigenvalue weighted by Crippen LogP contribution is 2.29. The third kappa shape index (κ3) is 4.37. The molecule has 0 aliphatic carbocycles. The third-order valence-corrected chi connectivity index (χ3v) is 5.95. The second-order valence-corrected chi connectivity index (χ2v) is 8.16. The van der Waals surface area contributed by atoms with Gasteiger partial charge in [-0.3, -0.25) is 14.9 Å². The molecule has 2 N–H and O–H groups in total. The number of carbonyl (C=O) groups is 3. The number of thiazole rings is 1. The molecule has 0 spiro atoms. The lowest BCUT2D eigenvalue weighted by Gasteiger charge is -2.07. The molecule has 0 atom stereocenters. The number of nitrogens with one attached hydrogen (secondary N) is 2. The number of anilines is 1. The van der Waals surface area contributed by atoms with Gasteiger partial charge in [-0.2, -0.15) is 0 Å². The van der Waals surface area contributed by atoms with Crippen LogP contribution in [0, 0.1) is 0 Å². The van der Waals surface area contributed by atoms with Crippen LogP contribution in [0.2, 0.25) is 0 Å². The number of imide groups is 1. The predicted octanol–water partition coefficient (Wildman–Crippen LogP) is 4.62. The summed E-state index contributed by atoms with van der Waals surface area (Å²) in [7, 11) is 0. The Bertz CT molecular complexity index is 1040. The molecule has 0 saturated heterocycles. The first-order valence-corrected chi connectivity index (χ1v) is 10.4. The second-order valence-electron chi connectivity index (χ2n) is 6.18. The Morgan fingerprint density at radius 3 is 2.68 bits per heavy atom. The maximum Gasteiger partial charge on any atom is 0.414 e. The largest absolute Gasteiger partial charge is 0.450 e. The zero-order valence-electron chi connectivity index (χ0n) is 15.6. The number of benzene rings is 1. The van der Waals surface area contributed by atoms with Gasteiger partial charge < -0.3 is 10.1 Å². The van der Waals surface area contributed by atoms with Crippen molar-refractivity contribution in [2.24, 2.45) is 0 Å². The molecule has 28 heavy (non-hydrogen) atoms. The fraction of sp³-hybridized carbons (Fsp3) is 0.263. The Labute approximate surface area is 169 Å². The topological polar surface area (TPSA) is 97.4 Å². The van der Waals surface area contributed by atoms with Gasteiger partial charge in [0.2, 0.25) is 0 Å². The first kappa shape index (κ1) is 20.0. The predicted molar refractivity (Wildman–Crippen MR) is 110 cm³/mol. The first-order valence-electron chi connectivity index (χ1n) is 8.66. The summed E-state index contributed by atoms with van der Waals surface area (Å²) in [6.45, 7) is 5.95. The lowest BCUT2D eigenvalue weighted by Crippen LogP contribution is -2.31. The van der Waals surface area contributed by atoms with Crippen LogP contribution in [0.5, 0.6) is 0 Å². The summed E-state index contributed by atoms with van der Waals surface area (Å²) in [4.78, 5) is 40.9. The van der Waals surface area contributed by atoms with Crippen molar-refractivity contribution >= 4 is 55.8 Å². The van der Waals surface area contributed by atoms with Gasteiger partial charge in [0.05, 0.1) is 27.4 Å². The molecule has 2 heterocycles. The molecule has 0 fully saturated rings. The van der Waals surface area contributed by atoms with Crippen LogP contribution >= 0.6 is 22.7 Å². The molecular formula is C19H19N3O4S2. The quantitative estimate of drug-likeness (QED) is 0.631. The Balaban J connectivity index is 1.76. The Morgan fingerprint density at radius 1 is 1.18 bits per heavy atom. The summed E-state index contributed by atoms with van der Waals surface area (Å²) in [5.41, 5.74) is 1.41. The van der Waals surface area contributed by atoms with Gasteiger partial charge in [0, 0.05) is 11.5 Å². The van der Waals surface area contributed by atoms with E-state index in [9.17, 15) is 14.4 Å². The minimum Gasteiger partial charge on any atom is -0.450 e. The van der Waals surface area contributed by atoms with E-state index in [1.807, 2.05) is 6.07 Å². The molecule has 0 unspecified atom stereocenters. The highest BCUT2D eigenvalue weighted by molar-refractivity contribution is 7.18. The number of nitrogens with zero attached hydrogens (tertiary/aromatic N) is 1. The molecule has 0 saturated carbocycles. The van der Waals surface area contributed by atoms with Gasteiger partial charge in [0.1, 0.15) is 5.00 Å². The normalized spacial score (nSPS) is 10.9. The molecule has 9 heteroatoms. The van der Waals surface area contributed by atoms with E-state index in [2.05, 4.69) is 29.5 Å². The molecule has 3 aromatic rings. The van der Waals surface area contributed by atoms with Crippen molar-refractivity contribution in [2.45, 2.75) is 26.7 Å². The highest BCUT2D eigenvalue weighted by Gasteiger charge is 2.19. The van der Waals surface area contributed by atoms with Crippen LogP contribution in [0.4, 0.5) is 9.80 Å². The number of rotatable bonds is 5. The van der Waals surface area contributed by atoms with Gasteiger partial charge in [0.15, 0.2) is 0 Å². The van der Waals surface area contributed by atoms with Crippen LogP contribution in [0.1, 0.15) is 52.4 Å². The molecule has 0 aliphatic heterocycles. The van der Waals surface area contributed by atoms with Crippen molar-refractivity contribution in [3.8, 4) is 0 Å². The van der Waals surface area contributed by atoms with Crippen LogP contribution in [0.25, 0.3) is 10.2 Å². The SMILES string of the molecule is CCOC(=O)NC(=O)c1ccsc1NC(=O)c1ccc2sc(C(C)C)nc2c1. The molecule has 3 amide bonds. The summed E-state index contributed by atoms with van der Waals surface area (Å²) >= 11 is 2.80. The average Bonchev–Trinajstić information content (AvgIpc) is 3.27. The van der Waals surface area contributed by atoms with E-state index >= 15 is 0 Å². The van der Waals surface area contributed by atoms with E-state index in [1.54, 1.807) is 35.8 Å². The van der Waals surface area contributed by atoms with Gasteiger partial charge in [-0.25, -0.2) is 9.78 Å². The van der Waals surface area contributed by atoms with Crippen LogP contribution < -0.4 is 10.6 Å². The molecule has 0 aliphatic rings. The Morgan fingerprint density at radius 2 is 1.96 bits per heavy atom. The van der Waals surface area contributed by atoms with Crippen molar-refractivity contribution in [3.63, 3.8) is 0 Å². The number of carbonyl (C=O) groups excluding carboxylic acids is 3. The molecule has 146 valence electrons. The zero-order chi connectivity index (χ0) is 20.3. The fourth-order valence-electron chi connectivity index (χ4n) is 2.42. The van der Waals surface area contributed by atoms with Crippen LogP contribution in [0.15, 0.2) is 29.6 Å².